The molecule has 0 aromatic heterocycles. The Bertz CT molecular complexity index is 158. The van der Waals surface area contributed by atoms with E-state index in [1.165, 1.54) is 0 Å². The molecule has 0 unspecified atom stereocenters. The van der Waals surface area contributed by atoms with Crippen LogP contribution in [0.2, 0.25) is 0 Å². The highest BCUT2D eigenvalue weighted by Gasteiger charge is 2.11. The Kier molecular flexibility index (Phi) is 3.03. The highest BCUT2D eigenvalue weighted by atomic mass is 16.6. The molecule has 0 rings (SSSR count). The van der Waals surface area contributed by atoms with Crippen LogP contribution < -0.4 is 5.73 Å². The molecule has 6 nitrogen and oxygen atoms in total. The molecule has 0 radical (unpaired) electrons. The molecular formula is C4H6N2O4. The summed E-state index contributed by atoms with van der Waals surface area (Å²) in [4.78, 5) is 29.1. The van der Waals surface area contributed by atoms with Gasteiger partial charge in [-0.25, -0.2) is 0 Å². The first kappa shape index (κ1) is 8.54. The van der Waals surface area contributed by atoms with Crippen LogP contribution in [-0.2, 0) is 9.59 Å². The van der Waals surface area contributed by atoms with Crippen molar-refractivity contribution >= 4 is 11.7 Å². The molecule has 0 saturated carbocycles. The van der Waals surface area contributed by atoms with Gasteiger partial charge in [-0.3, -0.25) is 19.7 Å². The molecule has 0 saturated heterocycles. The topological polar surface area (TPSA) is 103 Å². The molecule has 0 spiro atoms. The van der Waals surface area contributed by atoms with Crippen molar-refractivity contribution in [2.75, 3.05) is 6.54 Å². The summed E-state index contributed by atoms with van der Waals surface area (Å²) < 4.78 is 0. The Balaban J connectivity index is 3.65. The van der Waals surface area contributed by atoms with Gasteiger partial charge >= 0.3 is 0 Å². The van der Waals surface area contributed by atoms with Gasteiger partial charge in [-0.05, 0) is 0 Å². The number of primary amides is 1. The Morgan fingerprint density at radius 2 is 2.00 bits per heavy atom. The van der Waals surface area contributed by atoms with Crippen molar-refractivity contribution in [3.05, 3.63) is 10.1 Å². The highest BCUT2D eigenvalue weighted by Crippen LogP contribution is 1.81. The van der Waals surface area contributed by atoms with E-state index in [1.54, 1.807) is 0 Å². The lowest BCUT2D eigenvalue weighted by Crippen LogP contribution is -2.21. The van der Waals surface area contributed by atoms with E-state index in [-0.39, 0.29) is 0 Å². The van der Waals surface area contributed by atoms with Crippen molar-refractivity contribution in [1.29, 1.82) is 0 Å². The Morgan fingerprint density at radius 1 is 1.50 bits per heavy atom. The zero-order valence-electron chi connectivity index (χ0n) is 5.07. The maximum atomic E-state index is 10.3. The average molecular weight is 146 g/mol. The number of carbonyl (C=O) groups is 2. The van der Waals surface area contributed by atoms with Gasteiger partial charge in [-0.1, -0.05) is 0 Å². The summed E-state index contributed by atoms with van der Waals surface area (Å²) in [6.45, 7) is -0.830. The molecule has 0 aliphatic carbocycles. The molecule has 0 heterocycles. The quantitative estimate of drug-likeness (QED) is 0.302. The second-order valence-corrected chi connectivity index (χ2v) is 1.67. The minimum absolute atomic E-state index is 0.555. The van der Waals surface area contributed by atoms with Gasteiger partial charge in [0.25, 0.3) is 6.54 Å². The number of amides is 1. The normalized spacial score (nSPS) is 8.80. The molecule has 0 aliphatic heterocycles. The predicted molar refractivity (Wildman–Crippen MR) is 30.7 cm³/mol. The molecule has 0 atom stereocenters. The van der Waals surface area contributed by atoms with Gasteiger partial charge in [0, 0.05) is 4.92 Å². The van der Waals surface area contributed by atoms with Crippen LogP contribution in [0.15, 0.2) is 0 Å². The van der Waals surface area contributed by atoms with Gasteiger partial charge in [-0.15, -0.1) is 0 Å². The smallest absolute Gasteiger partial charge is 0.261 e. The molecular weight excluding hydrogens is 140 g/mol. The summed E-state index contributed by atoms with van der Waals surface area (Å²) in [5.41, 5.74) is 4.59. The Morgan fingerprint density at radius 3 is 2.30 bits per heavy atom. The molecule has 0 aromatic rings. The van der Waals surface area contributed by atoms with E-state index in [1.807, 2.05) is 0 Å². The van der Waals surface area contributed by atoms with Crippen LogP contribution in [0, 0.1) is 10.1 Å². The number of carbonyl (C=O) groups excluding carboxylic acids is 2. The molecule has 0 aromatic carbocycles. The number of ketones is 1. The number of nitrogens with zero attached hydrogens (tertiary/aromatic N) is 1. The third kappa shape index (κ3) is 4.69. The molecule has 2 N–H and O–H groups in total. The van der Waals surface area contributed by atoms with Gasteiger partial charge in [0.15, 0.2) is 0 Å². The zero-order valence-corrected chi connectivity index (χ0v) is 5.07. The van der Waals surface area contributed by atoms with Crippen molar-refractivity contribution in [1.82, 2.24) is 0 Å². The van der Waals surface area contributed by atoms with Crippen LogP contribution in [0.25, 0.3) is 0 Å². The first-order valence-corrected chi connectivity index (χ1v) is 2.44. The van der Waals surface area contributed by atoms with Crippen molar-refractivity contribution in [2.45, 2.75) is 6.42 Å². The van der Waals surface area contributed by atoms with Crippen LogP contribution in [0.4, 0.5) is 0 Å². The summed E-state index contributed by atoms with van der Waals surface area (Å²) in [5, 5.41) is 9.62. The summed E-state index contributed by atoms with van der Waals surface area (Å²) in [7, 11) is 0. The van der Waals surface area contributed by atoms with Crippen LogP contribution in [0.1, 0.15) is 6.42 Å². The van der Waals surface area contributed by atoms with Crippen molar-refractivity contribution in [2.24, 2.45) is 5.73 Å². The first-order valence-electron chi connectivity index (χ1n) is 2.44. The van der Waals surface area contributed by atoms with Gasteiger partial charge in [0.2, 0.25) is 11.7 Å². The largest absolute Gasteiger partial charge is 0.369 e. The van der Waals surface area contributed by atoms with Gasteiger partial charge in [0.05, 0.1) is 6.42 Å². The van der Waals surface area contributed by atoms with Gasteiger partial charge < -0.3 is 5.73 Å². The zero-order chi connectivity index (χ0) is 8.15. The number of nitro groups is 1. The van der Waals surface area contributed by atoms with E-state index in [4.69, 9.17) is 0 Å². The fraction of sp³-hybridized carbons (Fsp3) is 0.500. The number of rotatable bonds is 4. The lowest BCUT2D eigenvalue weighted by molar-refractivity contribution is -0.467. The third-order valence-electron chi connectivity index (χ3n) is 0.677. The second kappa shape index (κ2) is 3.54. The fourth-order valence-electron chi connectivity index (χ4n) is 0.394. The Labute approximate surface area is 56.1 Å². The number of nitrogens with two attached hydrogens (primary N) is 1. The van der Waals surface area contributed by atoms with Gasteiger partial charge in [0.1, 0.15) is 0 Å². The lowest BCUT2D eigenvalue weighted by atomic mass is 10.3. The molecule has 1 amide bonds. The van der Waals surface area contributed by atoms with Crippen LogP contribution in [-0.4, -0.2) is 23.2 Å². The predicted octanol–water partition coefficient (Wildman–Crippen LogP) is -1.29. The van der Waals surface area contributed by atoms with Gasteiger partial charge in [-0.2, -0.15) is 0 Å². The van der Waals surface area contributed by atoms with Crippen molar-refractivity contribution in [3.63, 3.8) is 0 Å². The van der Waals surface area contributed by atoms with E-state index in [0.29, 0.717) is 0 Å². The summed E-state index contributed by atoms with van der Waals surface area (Å²) >= 11 is 0. The second-order valence-electron chi connectivity index (χ2n) is 1.67. The number of hydrogen-bond acceptors (Lipinski definition) is 4. The van der Waals surface area contributed by atoms with E-state index in [9.17, 15) is 19.7 Å². The SMILES string of the molecule is NC(=O)CC(=O)C[N+](=O)[O-]. The number of Topliss-reactive ketones (excluding diaryl/α,β-unsaturated/α-hetero) is 1. The van der Waals surface area contributed by atoms with Crippen LogP contribution in [0.5, 0.6) is 0 Å². The average Bonchev–Trinajstić information content (AvgIpc) is 1.58. The fourth-order valence-corrected chi connectivity index (χ4v) is 0.394. The lowest BCUT2D eigenvalue weighted by Gasteiger charge is -1.89. The van der Waals surface area contributed by atoms with Crippen molar-refractivity contribution < 1.29 is 14.5 Å². The van der Waals surface area contributed by atoms with E-state index < -0.39 is 29.6 Å². The minimum atomic E-state index is -0.841. The molecule has 6 heteroatoms. The maximum Gasteiger partial charge on any atom is 0.261 e. The minimum Gasteiger partial charge on any atom is -0.369 e. The van der Waals surface area contributed by atoms with E-state index in [0.717, 1.165) is 0 Å². The summed E-state index contributed by atoms with van der Waals surface area (Å²) in [6, 6.07) is 0. The molecule has 0 aliphatic rings. The molecule has 56 valence electrons. The summed E-state index contributed by atoms with van der Waals surface area (Å²) in [6.07, 6.45) is -0.555. The van der Waals surface area contributed by atoms with Crippen molar-refractivity contribution in [3.8, 4) is 0 Å². The van der Waals surface area contributed by atoms with Crippen LogP contribution >= 0.6 is 0 Å². The molecule has 10 heavy (non-hydrogen) atoms. The van der Waals surface area contributed by atoms with E-state index in [2.05, 4.69) is 5.73 Å². The maximum absolute atomic E-state index is 10.3. The first-order chi connectivity index (χ1) is 4.52. The monoisotopic (exact) mass is 146 g/mol. The standard InChI is InChI=1S/C4H6N2O4/c5-4(8)1-3(7)2-6(9)10/h1-2H2,(H2,5,8). The third-order valence-corrected chi connectivity index (χ3v) is 0.677. The van der Waals surface area contributed by atoms with Crippen LogP contribution in [0.3, 0.4) is 0 Å². The molecule has 0 bridgehead atoms. The number of hydrogen-bond donors (Lipinski definition) is 1. The summed E-state index contributed by atoms with van der Waals surface area (Å²) in [5.74, 6) is -1.61. The molecule has 0 fully saturated rings. The Hall–Kier alpha value is -1.46. The van der Waals surface area contributed by atoms with E-state index >= 15 is 0 Å². The highest BCUT2D eigenvalue weighted by molar-refractivity contribution is 5.97.